The monoisotopic (exact) mass is 257 g/mol. The molecule has 0 bridgehead atoms. The van der Waals surface area contributed by atoms with Crippen LogP contribution >= 0.6 is 15.9 Å². The molecule has 1 aliphatic heterocycles. The molecule has 0 aromatic heterocycles. The van der Waals surface area contributed by atoms with E-state index >= 15 is 0 Å². The van der Waals surface area contributed by atoms with Gasteiger partial charge in [0.1, 0.15) is 5.82 Å². The summed E-state index contributed by atoms with van der Waals surface area (Å²) in [5.41, 5.74) is 0.370. The van der Waals surface area contributed by atoms with Crippen molar-refractivity contribution in [2.24, 2.45) is 0 Å². The standard InChI is InChI=1S/C10H9BrFNO/c11-7-3-1-4-8(12)10(7)13-6-2-5-9(13)14/h1,3-4H,2,5-6H2. The molecule has 1 fully saturated rings. The molecular weight excluding hydrogens is 249 g/mol. The number of halogens is 2. The predicted octanol–water partition coefficient (Wildman–Crippen LogP) is 2.72. The first-order valence-electron chi connectivity index (χ1n) is 4.44. The summed E-state index contributed by atoms with van der Waals surface area (Å²) >= 11 is 3.25. The van der Waals surface area contributed by atoms with Gasteiger partial charge in [-0.25, -0.2) is 4.39 Å². The Bertz CT molecular complexity index is 360. The van der Waals surface area contributed by atoms with Gasteiger partial charge in [-0.2, -0.15) is 0 Å². The van der Waals surface area contributed by atoms with Gasteiger partial charge in [0, 0.05) is 17.4 Å². The highest BCUT2D eigenvalue weighted by atomic mass is 79.9. The molecule has 2 nitrogen and oxygen atoms in total. The number of rotatable bonds is 1. The van der Waals surface area contributed by atoms with E-state index in [0.717, 1.165) is 6.42 Å². The van der Waals surface area contributed by atoms with Crippen LogP contribution in [0, 0.1) is 5.82 Å². The zero-order valence-corrected chi connectivity index (χ0v) is 9.05. The van der Waals surface area contributed by atoms with E-state index in [4.69, 9.17) is 0 Å². The Morgan fingerprint density at radius 1 is 1.43 bits per heavy atom. The van der Waals surface area contributed by atoms with Gasteiger partial charge in [-0.3, -0.25) is 4.79 Å². The highest BCUT2D eigenvalue weighted by Gasteiger charge is 2.25. The van der Waals surface area contributed by atoms with Gasteiger partial charge in [0.2, 0.25) is 5.91 Å². The van der Waals surface area contributed by atoms with Gasteiger partial charge in [0.25, 0.3) is 0 Å². The summed E-state index contributed by atoms with van der Waals surface area (Å²) in [5, 5.41) is 0. The molecule has 1 heterocycles. The first-order chi connectivity index (χ1) is 6.70. The molecule has 0 N–H and O–H groups in total. The lowest BCUT2D eigenvalue weighted by atomic mass is 10.3. The molecular formula is C10H9BrFNO. The Balaban J connectivity index is 2.44. The second-order valence-electron chi connectivity index (χ2n) is 3.22. The number of nitrogens with zero attached hydrogens (tertiary/aromatic N) is 1. The van der Waals surface area contributed by atoms with E-state index in [1.807, 2.05) is 0 Å². The number of para-hydroxylation sites is 1. The molecule has 0 atom stereocenters. The van der Waals surface area contributed by atoms with Crippen molar-refractivity contribution in [3.8, 4) is 0 Å². The molecule has 0 spiro atoms. The Kier molecular flexibility index (Phi) is 2.54. The lowest BCUT2D eigenvalue weighted by Gasteiger charge is -2.17. The van der Waals surface area contributed by atoms with Crippen molar-refractivity contribution in [2.45, 2.75) is 12.8 Å². The van der Waals surface area contributed by atoms with E-state index < -0.39 is 0 Å². The van der Waals surface area contributed by atoms with E-state index in [-0.39, 0.29) is 11.7 Å². The summed E-state index contributed by atoms with van der Waals surface area (Å²) in [6.45, 7) is 0.609. The Labute approximate surface area is 89.8 Å². The van der Waals surface area contributed by atoms with Crippen LogP contribution in [0.15, 0.2) is 22.7 Å². The molecule has 1 aromatic rings. The molecule has 0 unspecified atom stereocenters. The van der Waals surface area contributed by atoms with E-state index in [1.54, 1.807) is 12.1 Å². The molecule has 1 aromatic carbocycles. The van der Waals surface area contributed by atoms with E-state index in [2.05, 4.69) is 15.9 Å². The number of amides is 1. The fraction of sp³-hybridized carbons (Fsp3) is 0.300. The van der Waals surface area contributed by atoms with Crippen LogP contribution in [0.3, 0.4) is 0 Å². The van der Waals surface area contributed by atoms with Gasteiger partial charge in [-0.1, -0.05) is 6.07 Å². The molecule has 0 radical (unpaired) electrons. The third-order valence-electron chi connectivity index (χ3n) is 2.28. The minimum Gasteiger partial charge on any atom is -0.309 e. The highest BCUT2D eigenvalue weighted by Crippen LogP contribution is 2.31. The van der Waals surface area contributed by atoms with Crippen LogP contribution in [0.4, 0.5) is 10.1 Å². The van der Waals surface area contributed by atoms with Crippen molar-refractivity contribution in [1.29, 1.82) is 0 Å². The summed E-state index contributed by atoms with van der Waals surface area (Å²) in [5.74, 6) is -0.356. The number of hydrogen-bond acceptors (Lipinski definition) is 1. The number of carbonyl (C=O) groups is 1. The molecule has 1 saturated heterocycles. The van der Waals surface area contributed by atoms with Crippen molar-refractivity contribution in [1.82, 2.24) is 0 Å². The van der Waals surface area contributed by atoms with Crippen molar-refractivity contribution in [2.75, 3.05) is 11.4 Å². The number of hydrogen-bond donors (Lipinski definition) is 0. The number of benzene rings is 1. The van der Waals surface area contributed by atoms with Gasteiger partial charge >= 0.3 is 0 Å². The second-order valence-corrected chi connectivity index (χ2v) is 4.07. The lowest BCUT2D eigenvalue weighted by Crippen LogP contribution is -2.25. The van der Waals surface area contributed by atoms with Crippen LogP contribution in [0.25, 0.3) is 0 Å². The van der Waals surface area contributed by atoms with Crippen LogP contribution < -0.4 is 4.90 Å². The maximum atomic E-state index is 13.5. The number of anilines is 1. The summed E-state index contributed by atoms with van der Waals surface area (Å²) in [6.07, 6.45) is 1.32. The van der Waals surface area contributed by atoms with Crippen LogP contribution in [0.2, 0.25) is 0 Å². The molecule has 14 heavy (non-hydrogen) atoms. The minimum absolute atomic E-state index is 0.00389. The van der Waals surface area contributed by atoms with E-state index in [9.17, 15) is 9.18 Å². The van der Waals surface area contributed by atoms with Gasteiger partial charge < -0.3 is 4.90 Å². The third-order valence-corrected chi connectivity index (χ3v) is 2.92. The molecule has 0 saturated carbocycles. The summed E-state index contributed by atoms with van der Waals surface area (Å²) in [6, 6.07) is 4.72. The molecule has 1 aliphatic rings. The first-order valence-corrected chi connectivity index (χ1v) is 5.24. The zero-order chi connectivity index (χ0) is 10.1. The molecule has 2 rings (SSSR count). The average molecular weight is 258 g/mol. The maximum Gasteiger partial charge on any atom is 0.227 e. The highest BCUT2D eigenvalue weighted by molar-refractivity contribution is 9.10. The molecule has 0 aliphatic carbocycles. The minimum atomic E-state index is -0.352. The quantitative estimate of drug-likeness (QED) is 0.758. The second kappa shape index (κ2) is 3.69. The number of carbonyl (C=O) groups excluding carboxylic acids is 1. The van der Waals surface area contributed by atoms with Gasteiger partial charge in [0.05, 0.1) is 5.69 Å². The fourth-order valence-electron chi connectivity index (χ4n) is 1.63. The summed E-state index contributed by atoms with van der Waals surface area (Å²) in [7, 11) is 0. The molecule has 74 valence electrons. The topological polar surface area (TPSA) is 20.3 Å². The van der Waals surface area contributed by atoms with E-state index in [0.29, 0.717) is 23.1 Å². The van der Waals surface area contributed by atoms with Gasteiger partial charge in [0.15, 0.2) is 0 Å². The molecule has 1 amide bonds. The Morgan fingerprint density at radius 2 is 2.21 bits per heavy atom. The fourth-order valence-corrected chi connectivity index (χ4v) is 2.19. The van der Waals surface area contributed by atoms with Crippen LogP contribution in [-0.2, 0) is 4.79 Å². The van der Waals surface area contributed by atoms with Crippen LogP contribution in [0.1, 0.15) is 12.8 Å². The summed E-state index contributed by atoms with van der Waals surface area (Å²) in [4.78, 5) is 12.9. The van der Waals surface area contributed by atoms with Crippen molar-refractivity contribution < 1.29 is 9.18 Å². The van der Waals surface area contributed by atoms with Crippen LogP contribution in [0.5, 0.6) is 0 Å². The van der Waals surface area contributed by atoms with Crippen molar-refractivity contribution in [3.63, 3.8) is 0 Å². The largest absolute Gasteiger partial charge is 0.309 e. The Morgan fingerprint density at radius 3 is 2.79 bits per heavy atom. The van der Waals surface area contributed by atoms with Gasteiger partial charge in [-0.05, 0) is 34.5 Å². The zero-order valence-electron chi connectivity index (χ0n) is 7.46. The normalized spacial score (nSPS) is 16.4. The maximum absolute atomic E-state index is 13.5. The van der Waals surface area contributed by atoms with E-state index in [1.165, 1.54) is 11.0 Å². The average Bonchev–Trinajstić information content (AvgIpc) is 2.52. The first kappa shape index (κ1) is 9.65. The SMILES string of the molecule is O=C1CCCN1c1c(F)cccc1Br. The van der Waals surface area contributed by atoms with Gasteiger partial charge in [-0.15, -0.1) is 0 Å². The van der Waals surface area contributed by atoms with Crippen LogP contribution in [-0.4, -0.2) is 12.5 Å². The molecule has 4 heteroatoms. The third kappa shape index (κ3) is 1.54. The van der Waals surface area contributed by atoms with Crippen molar-refractivity contribution >= 4 is 27.5 Å². The predicted molar refractivity (Wildman–Crippen MR) is 55.7 cm³/mol. The smallest absolute Gasteiger partial charge is 0.227 e. The Hall–Kier alpha value is -0.900. The van der Waals surface area contributed by atoms with Crippen molar-refractivity contribution in [3.05, 3.63) is 28.5 Å². The lowest BCUT2D eigenvalue weighted by molar-refractivity contribution is -0.117. The summed E-state index contributed by atoms with van der Waals surface area (Å²) < 4.78 is 14.1.